The molecule has 2 aliphatic rings. The number of amides is 1. The molecule has 3 rings (SSSR count). The van der Waals surface area contributed by atoms with E-state index in [1.165, 1.54) is 0 Å². The van der Waals surface area contributed by atoms with E-state index in [2.05, 4.69) is 25.4 Å². The number of nitrogens with zero attached hydrogens (tertiary/aromatic N) is 3. The molecule has 0 radical (unpaired) electrons. The zero-order valence-electron chi connectivity index (χ0n) is 12.9. The highest BCUT2D eigenvalue weighted by Crippen LogP contribution is 2.18. The summed E-state index contributed by atoms with van der Waals surface area (Å²) in [6.07, 6.45) is 2.78. The highest BCUT2D eigenvalue weighted by molar-refractivity contribution is 5.92. The van der Waals surface area contributed by atoms with Crippen LogP contribution in [0.15, 0.2) is 18.3 Å². The molecule has 7 heteroatoms. The number of carbonyl (C=O) groups is 1. The molecule has 2 aliphatic heterocycles. The summed E-state index contributed by atoms with van der Waals surface area (Å²) >= 11 is 0. The minimum absolute atomic E-state index is 0. The van der Waals surface area contributed by atoms with Crippen LogP contribution in [0.3, 0.4) is 0 Å². The fourth-order valence-corrected chi connectivity index (χ4v) is 2.95. The quantitative estimate of drug-likeness (QED) is 0.861. The van der Waals surface area contributed by atoms with Crippen LogP contribution in [0.25, 0.3) is 0 Å². The molecule has 3 heterocycles. The number of nitrogens with one attached hydrogen (secondary N) is 2. The summed E-state index contributed by atoms with van der Waals surface area (Å²) in [5, 5.41) is 6.26. The topological polar surface area (TPSA) is 60.5 Å². The minimum atomic E-state index is 0. The molecule has 1 aromatic heterocycles. The lowest BCUT2D eigenvalue weighted by molar-refractivity contribution is -0.119. The van der Waals surface area contributed by atoms with Crippen LogP contribution in [0.5, 0.6) is 0 Å². The molecule has 0 spiro atoms. The lowest BCUT2D eigenvalue weighted by Gasteiger charge is -2.29. The van der Waals surface area contributed by atoms with E-state index in [1.807, 2.05) is 25.4 Å². The van der Waals surface area contributed by atoms with Crippen LogP contribution in [0.4, 0.5) is 11.5 Å². The normalized spacial score (nSPS) is 22.2. The summed E-state index contributed by atoms with van der Waals surface area (Å²) in [7, 11) is 2.05. The maximum atomic E-state index is 12.2. The first-order valence-corrected chi connectivity index (χ1v) is 7.63. The Morgan fingerprint density at radius 2 is 2.09 bits per heavy atom. The van der Waals surface area contributed by atoms with Gasteiger partial charge in [-0.15, -0.1) is 12.4 Å². The monoisotopic (exact) mass is 325 g/mol. The van der Waals surface area contributed by atoms with Crippen LogP contribution in [0, 0.1) is 5.92 Å². The van der Waals surface area contributed by atoms with Gasteiger partial charge in [-0.2, -0.15) is 0 Å². The first-order valence-electron chi connectivity index (χ1n) is 7.63. The van der Waals surface area contributed by atoms with E-state index in [0.717, 1.165) is 51.4 Å². The van der Waals surface area contributed by atoms with Gasteiger partial charge in [0.2, 0.25) is 5.91 Å². The number of halogens is 1. The molecule has 0 saturated carbocycles. The lowest BCUT2D eigenvalue weighted by Crippen LogP contribution is -2.43. The van der Waals surface area contributed by atoms with Crippen molar-refractivity contribution in [2.24, 2.45) is 5.92 Å². The molecule has 0 aliphatic carbocycles. The van der Waals surface area contributed by atoms with Crippen molar-refractivity contribution in [3.63, 3.8) is 0 Å². The predicted molar refractivity (Wildman–Crippen MR) is 90.8 cm³/mol. The first kappa shape index (κ1) is 17.0. The van der Waals surface area contributed by atoms with Crippen molar-refractivity contribution in [1.29, 1.82) is 0 Å². The second kappa shape index (κ2) is 7.76. The number of pyridine rings is 1. The Labute approximate surface area is 137 Å². The minimum Gasteiger partial charge on any atom is -0.368 e. The average Bonchev–Trinajstić information content (AvgIpc) is 2.96. The lowest BCUT2D eigenvalue weighted by atomic mass is 10.1. The third-order valence-electron chi connectivity index (χ3n) is 4.24. The zero-order chi connectivity index (χ0) is 14.7. The summed E-state index contributed by atoms with van der Waals surface area (Å²) < 4.78 is 0. The summed E-state index contributed by atoms with van der Waals surface area (Å²) in [6, 6.07) is 3.93. The van der Waals surface area contributed by atoms with Crippen LogP contribution in [-0.2, 0) is 4.79 Å². The zero-order valence-corrected chi connectivity index (χ0v) is 13.7. The number of hydrogen-bond acceptors (Lipinski definition) is 5. The van der Waals surface area contributed by atoms with Gasteiger partial charge < -0.3 is 20.4 Å². The molecule has 0 aromatic carbocycles. The van der Waals surface area contributed by atoms with Gasteiger partial charge >= 0.3 is 0 Å². The number of piperazine rings is 1. The van der Waals surface area contributed by atoms with Crippen LogP contribution < -0.4 is 15.5 Å². The summed E-state index contributed by atoms with van der Waals surface area (Å²) in [4.78, 5) is 21.0. The second-order valence-electron chi connectivity index (χ2n) is 5.88. The number of likely N-dealkylation sites (tertiary alicyclic amines) is 1. The Balaban J connectivity index is 0.00000176. The van der Waals surface area contributed by atoms with Gasteiger partial charge in [-0.25, -0.2) is 4.98 Å². The Hall–Kier alpha value is -1.37. The SMILES string of the molecule is CN1CC[C@H](C(=O)Nc2ccc(N3CCNCC3)cn2)C1.Cl. The fourth-order valence-electron chi connectivity index (χ4n) is 2.95. The molecule has 1 atom stereocenters. The Morgan fingerprint density at radius 1 is 1.32 bits per heavy atom. The van der Waals surface area contributed by atoms with Gasteiger partial charge in [-0.3, -0.25) is 4.79 Å². The third kappa shape index (κ3) is 4.09. The maximum absolute atomic E-state index is 12.2. The average molecular weight is 326 g/mol. The van der Waals surface area contributed by atoms with Crippen molar-refractivity contribution in [2.75, 3.05) is 56.5 Å². The third-order valence-corrected chi connectivity index (χ3v) is 4.24. The molecule has 1 amide bonds. The van der Waals surface area contributed by atoms with Gasteiger partial charge in [0.25, 0.3) is 0 Å². The number of rotatable bonds is 3. The van der Waals surface area contributed by atoms with Crippen LogP contribution >= 0.6 is 12.4 Å². The number of hydrogen-bond donors (Lipinski definition) is 2. The first-order chi connectivity index (χ1) is 10.2. The molecule has 0 unspecified atom stereocenters. The standard InChI is InChI=1S/C15H23N5O.ClH/c1-19-7-4-12(11-19)15(21)18-14-3-2-13(10-17-14)20-8-5-16-6-9-20;/h2-3,10,12,16H,4-9,11H2,1H3,(H,17,18,21);1H/t12-;/m0./s1. The van der Waals surface area contributed by atoms with E-state index in [-0.39, 0.29) is 24.2 Å². The van der Waals surface area contributed by atoms with Crippen molar-refractivity contribution in [3.8, 4) is 0 Å². The van der Waals surface area contributed by atoms with Crippen molar-refractivity contribution >= 4 is 29.8 Å². The Bertz CT molecular complexity index is 489. The van der Waals surface area contributed by atoms with Crippen LogP contribution in [0.2, 0.25) is 0 Å². The molecule has 22 heavy (non-hydrogen) atoms. The fraction of sp³-hybridized carbons (Fsp3) is 0.600. The van der Waals surface area contributed by atoms with E-state index in [1.54, 1.807) is 0 Å². The molecule has 6 nitrogen and oxygen atoms in total. The van der Waals surface area contributed by atoms with Crippen LogP contribution in [-0.4, -0.2) is 62.1 Å². The molecular formula is C15H24ClN5O. The van der Waals surface area contributed by atoms with E-state index >= 15 is 0 Å². The molecule has 2 fully saturated rings. The molecule has 1 aromatic rings. The van der Waals surface area contributed by atoms with Gasteiger partial charge in [-0.05, 0) is 32.1 Å². The summed E-state index contributed by atoms with van der Waals surface area (Å²) in [6.45, 7) is 5.85. The number of aromatic nitrogens is 1. The molecule has 0 bridgehead atoms. The highest BCUT2D eigenvalue weighted by Gasteiger charge is 2.26. The van der Waals surface area contributed by atoms with Gasteiger partial charge in [0.1, 0.15) is 5.82 Å². The Kier molecular flexibility index (Phi) is 5.99. The van der Waals surface area contributed by atoms with E-state index in [0.29, 0.717) is 5.82 Å². The Morgan fingerprint density at radius 3 is 2.68 bits per heavy atom. The molecule has 122 valence electrons. The van der Waals surface area contributed by atoms with Gasteiger partial charge in [-0.1, -0.05) is 0 Å². The summed E-state index contributed by atoms with van der Waals surface area (Å²) in [5.41, 5.74) is 1.12. The number of carbonyl (C=O) groups excluding carboxylic acids is 1. The van der Waals surface area contributed by atoms with Gasteiger partial charge in [0.05, 0.1) is 17.8 Å². The van der Waals surface area contributed by atoms with Crippen molar-refractivity contribution in [2.45, 2.75) is 6.42 Å². The number of anilines is 2. The van der Waals surface area contributed by atoms with Crippen LogP contribution in [0.1, 0.15) is 6.42 Å². The largest absolute Gasteiger partial charge is 0.368 e. The summed E-state index contributed by atoms with van der Waals surface area (Å²) in [5.74, 6) is 0.819. The molecular weight excluding hydrogens is 302 g/mol. The second-order valence-corrected chi connectivity index (χ2v) is 5.88. The van der Waals surface area contributed by atoms with Gasteiger partial charge in [0, 0.05) is 32.7 Å². The molecule has 2 saturated heterocycles. The smallest absolute Gasteiger partial charge is 0.229 e. The maximum Gasteiger partial charge on any atom is 0.229 e. The van der Waals surface area contributed by atoms with E-state index in [9.17, 15) is 4.79 Å². The highest BCUT2D eigenvalue weighted by atomic mass is 35.5. The van der Waals surface area contributed by atoms with Crippen molar-refractivity contribution < 1.29 is 4.79 Å². The van der Waals surface area contributed by atoms with E-state index in [4.69, 9.17) is 0 Å². The van der Waals surface area contributed by atoms with E-state index < -0.39 is 0 Å². The van der Waals surface area contributed by atoms with Gasteiger partial charge in [0.15, 0.2) is 0 Å². The molecule has 2 N–H and O–H groups in total. The van der Waals surface area contributed by atoms with Crippen molar-refractivity contribution in [3.05, 3.63) is 18.3 Å². The predicted octanol–water partition coefficient (Wildman–Crippen LogP) is 0.803. The van der Waals surface area contributed by atoms with Crippen molar-refractivity contribution in [1.82, 2.24) is 15.2 Å².